The summed E-state index contributed by atoms with van der Waals surface area (Å²) in [6.45, 7) is 4.75. The summed E-state index contributed by atoms with van der Waals surface area (Å²) in [4.78, 5) is 24.7. The molecule has 2 N–H and O–H groups in total. The van der Waals surface area contributed by atoms with Gasteiger partial charge in [0.1, 0.15) is 11.4 Å². The van der Waals surface area contributed by atoms with Gasteiger partial charge in [0, 0.05) is 0 Å². The van der Waals surface area contributed by atoms with Crippen molar-refractivity contribution in [2.24, 2.45) is 0 Å². The summed E-state index contributed by atoms with van der Waals surface area (Å²) in [5.41, 5.74) is -0.0929. The Morgan fingerprint density at radius 3 is 2.06 bits per heavy atom. The molecule has 0 saturated carbocycles. The van der Waals surface area contributed by atoms with E-state index >= 15 is 0 Å². The van der Waals surface area contributed by atoms with Gasteiger partial charge in [-0.3, -0.25) is 4.79 Å². The van der Waals surface area contributed by atoms with E-state index in [1.807, 2.05) is 0 Å². The van der Waals surface area contributed by atoms with E-state index in [1.54, 1.807) is 80.7 Å². The Labute approximate surface area is 178 Å². The highest BCUT2D eigenvalue weighted by molar-refractivity contribution is 5.88. The number of ether oxygens (including phenoxy) is 2. The van der Waals surface area contributed by atoms with Gasteiger partial charge in [0.15, 0.2) is 6.04 Å². The minimum atomic E-state index is -5.17. The summed E-state index contributed by atoms with van der Waals surface area (Å²) < 4.78 is 49.7. The molecule has 0 heterocycles. The maximum absolute atomic E-state index is 13.0. The Kier molecular flexibility index (Phi) is 7.54. The van der Waals surface area contributed by atoms with E-state index in [-0.39, 0.29) is 0 Å². The average Bonchev–Trinajstić information content (AvgIpc) is 2.69. The Morgan fingerprint density at radius 2 is 1.52 bits per heavy atom. The third-order valence-electron chi connectivity index (χ3n) is 4.11. The van der Waals surface area contributed by atoms with Crippen LogP contribution < -0.4 is 15.4 Å². The number of carbonyl (C=O) groups is 2. The van der Waals surface area contributed by atoms with Crippen molar-refractivity contribution in [1.82, 2.24) is 5.32 Å². The number of hydrogen-bond donors (Lipinski definition) is 2. The molecule has 2 aromatic rings. The molecular formula is C22H25F3N2O4. The van der Waals surface area contributed by atoms with Crippen molar-refractivity contribution in [3.63, 3.8) is 0 Å². The SMILES string of the molecule is COc1ccccc1NC(c1ccccc1)C(NC(=O)C(F)(F)F)C(=O)OC(C)(C)C. The van der Waals surface area contributed by atoms with Crippen LogP contribution in [0.2, 0.25) is 0 Å². The summed E-state index contributed by atoms with van der Waals surface area (Å²) in [7, 11) is 1.44. The summed E-state index contributed by atoms with van der Waals surface area (Å²) >= 11 is 0. The summed E-state index contributed by atoms with van der Waals surface area (Å²) in [6.07, 6.45) is -5.17. The van der Waals surface area contributed by atoms with E-state index in [0.717, 1.165) is 0 Å². The Bertz CT molecular complexity index is 896. The number of alkyl halides is 3. The fourth-order valence-electron chi connectivity index (χ4n) is 2.82. The van der Waals surface area contributed by atoms with Crippen LogP contribution in [0.15, 0.2) is 54.6 Å². The highest BCUT2D eigenvalue weighted by atomic mass is 19.4. The molecule has 168 valence electrons. The van der Waals surface area contributed by atoms with Gasteiger partial charge in [-0.2, -0.15) is 13.2 Å². The van der Waals surface area contributed by atoms with E-state index in [4.69, 9.17) is 9.47 Å². The van der Waals surface area contributed by atoms with Crippen LogP contribution in [0.1, 0.15) is 32.4 Å². The zero-order valence-corrected chi connectivity index (χ0v) is 17.6. The molecule has 0 aliphatic carbocycles. The molecule has 2 atom stereocenters. The maximum atomic E-state index is 13.0. The molecule has 0 saturated heterocycles. The predicted octanol–water partition coefficient (Wildman–Crippen LogP) is 4.24. The van der Waals surface area contributed by atoms with Gasteiger partial charge >= 0.3 is 18.1 Å². The molecule has 1 amide bonds. The molecule has 9 heteroatoms. The van der Waals surface area contributed by atoms with E-state index in [0.29, 0.717) is 17.0 Å². The van der Waals surface area contributed by atoms with Gasteiger partial charge < -0.3 is 20.1 Å². The Morgan fingerprint density at radius 1 is 0.935 bits per heavy atom. The number of amides is 1. The van der Waals surface area contributed by atoms with E-state index in [1.165, 1.54) is 7.11 Å². The molecule has 0 bridgehead atoms. The van der Waals surface area contributed by atoms with Crippen molar-refractivity contribution < 1.29 is 32.2 Å². The van der Waals surface area contributed by atoms with Crippen LogP contribution in [0.4, 0.5) is 18.9 Å². The van der Waals surface area contributed by atoms with Crippen LogP contribution in [0, 0.1) is 0 Å². The molecule has 2 unspecified atom stereocenters. The lowest BCUT2D eigenvalue weighted by atomic mass is 9.98. The number of esters is 1. The molecule has 2 aromatic carbocycles. The molecule has 0 fully saturated rings. The highest BCUT2D eigenvalue weighted by Crippen LogP contribution is 2.31. The fourth-order valence-corrected chi connectivity index (χ4v) is 2.82. The molecule has 31 heavy (non-hydrogen) atoms. The van der Waals surface area contributed by atoms with Gasteiger partial charge in [0.25, 0.3) is 0 Å². The first-order valence-electron chi connectivity index (χ1n) is 9.47. The zero-order chi connectivity index (χ0) is 23.2. The molecule has 2 rings (SSSR count). The highest BCUT2D eigenvalue weighted by Gasteiger charge is 2.44. The van der Waals surface area contributed by atoms with Crippen molar-refractivity contribution in [1.29, 1.82) is 0 Å². The predicted molar refractivity (Wildman–Crippen MR) is 110 cm³/mol. The maximum Gasteiger partial charge on any atom is 0.471 e. The van der Waals surface area contributed by atoms with Crippen molar-refractivity contribution in [3.05, 3.63) is 60.2 Å². The van der Waals surface area contributed by atoms with Crippen molar-refractivity contribution in [3.8, 4) is 5.75 Å². The number of nitrogens with one attached hydrogen (secondary N) is 2. The third-order valence-corrected chi connectivity index (χ3v) is 4.11. The van der Waals surface area contributed by atoms with Crippen molar-refractivity contribution >= 4 is 17.6 Å². The molecule has 0 spiro atoms. The topological polar surface area (TPSA) is 76.7 Å². The van der Waals surface area contributed by atoms with E-state index in [9.17, 15) is 22.8 Å². The van der Waals surface area contributed by atoms with Crippen molar-refractivity contribution in [2.75, 3.05) is 12.4 Å². The molecular weight excluding hydrogens is 413 g/mol. The first-order valence-corrected chi connectivity index (χ1v) is 9.47. The second kappa shape index (κ2) is 9.72. The van der Waals surface area contributed by atoms with Crippen LogP contribution in [0.25, 0.3) is 0 Å². The average molecular weight is 438 g/mol. The Hall–Kier alpha value is -3.23. The van der Waals surface area contributed by atoms with Gasteiger partial charge in [0.05, 0.1) is 18.8 Å². The number of methoxy groups -OCH3 is 1. The quantitative estimate of drug-likeness (QED) is 0.633. The van der Waals surface area contributed by atoms with Crippen LogP contribution in [-0.2, 0) is 14.3 Å². The number of halogens is 3. The molecule has 0 aliphatic heterocycles. The number of carbonyl (C=O) groups excluding carboxylic acids is 2. The van der Waals surface area contributed by atoms with Crippen molar-refractivity contribution in [2.45, 2.75) is 44.6 Å². The number of benzene rings is 2. The largest absolute Gasteiger partial charge is 0.495 e. The monoisotopic (exact) mass is 438 g/mol. The van der Waals surface area contributed by atoms with Crippen LogP contribution >= 0.6 is 0 Å². The van der Waals surface area contributed by atoms with Gasteiger partial charge in [0.2, 0.25) is 0 Å². The summed E-state index contributed by atoms with van der Waals surface area (Å²) in [6, 6.07) is 12.3. The first kappa shape index (κ1) is 24.0. The third kappa shape index (κ3) is 6.91. The van der Waals surface area contributed by atoms with Crippen LogP contribution in [0.5, 0.6) is 5.75 Å². The van der Waals surface area contributed by atoms with Gasteiger partial charge in [-0.25, -0.2) is 4.79 Å². The summed E-state index contributed by atoms with van der Waals surface area (Å²) in [5.74, 6) is -2.85. The zero-order valence-electron chi connectivity index (χ0n) is 17.6. The molecule has 6 nitrogen and oxygen atoms in total. The molecule has 0 aliphatic rings. The number of para-hydroxylation sites is 2. The van der Waals surface area contributed by atoms with Crippen LogP contribution in [-0.4, -0.2) is 36.8 Å². The normalized spacial score (nSPS) is 13.6. The number of rotatable bonds is 7. The standard InChI is InChI=1S/C22H25F3N2O4/c1-21(2,3)31-19(28)18(27-20(29)22(23,24)25)17(14-10-6-5-7-11-14)26-15-12-8-9-13-16(15)30-4/h5-13,17-18,26H,1-4H3,(H,27,29). The minimum Gasteiger partial charge on any atom is -0.495 e. The van der Waals surface area contributed by atoms with E-state index in [2.05, 4.69) is 5.32 Å². The fraction of sp³-hybridized carbons (Fsp3) is 0.364. The second-order valence-electron chi connectivity index (χ2n) is 7.72. The van der Waals surface area contributed by atoms with Gasteiger partial charge in [-0.1, -0.05) is 42.5 Å². The Balaban J connectivity index is 2.53. The first-order chi connectivity index (χ1) is 14.4. The number of anilines is 1. The lowest BCUT2D eigenvalue weighted by Crippen LogP contribution is -2.53. The molecule has 0 radical (unpaired) electrons. The smallest absolute Gasteiger partial charge is 0.471 e. The van der Waals surface area contributed by atoms with Crippen LogP contribution in [0.3, 0.4) is 0 Å². The van der Waals surface area contributed by atoms with Gasteiger partial charge in [-0.15, -0.1) is 0 Å². The lowest BCUT2D eigenvalue weighted by Gasteiger charge is -2.31. The lowest BCUT2D eigenvalue weighted by molar-refractivity contribution is -0.177. The number of hydrogen-bond acceptors (Lipinski definition) is 5. The van der Waals surface area contributed by atoms with E-state index < -0.39 is 35.7 Å². The minimum absolute atomic E-state index is 0.411. The summed E-state index contributed by atoms with van der Waals surface area (Å²) in [5, 5.41) is 4.82. The molecule has 0 aromatic heterocycles. The second-order valence-corrected chi connectivity index (χ2v) is 7.72. The van der Waals surface area contributed by atoms with Gasteiger partial charge in [-0.05, 0) is 38.5 Å².